The van der Waals surface area contributed by atoms with Crippen LogP contribution in [0.4, 0.5) is 0 Å². The van der Waals surface area contributed by atoms with Gasteiger partial charge in [0.1, 0.15) is 0 Å². The van der Waals surface area contributed by atoms with E-state index in [4.69, 9.17) is 0 Å². The fourth-order valence-corrected chi connectivity index (χ4v) is 5.72. The van der Waals surface area contributed by atoms with Crippen LogP contribution in [0.1, 0.15) is 11.1 Å². The second kappa shape index (κ2) is 5.24. The summed E-state index contributed by atoms with van der Waals surface area (Å²) in [4.78, 5) is 0. The molecule has 0 fully saturated rings. The summed E-state index contributed by atoms with van der Waals surface area (Å²) in [5.41, 5.74) is 8.05. The van der Waals surface area contributed by atoms with Gasteiger partial charge in [0.2, 0.25) is 0 Å². The SMILES string of the molecule is C1=CC2(C3=c4ccc5ccccc5c4=CC3=C1)c1ccccc1-c1ccccc12. The lowest BCUT2D eigenvalue weighted by molar-refractivity contribution is 0.859. The number of benzene rings is 4. The standard InChI is InChI=1S/C29H18/c1-2-10-21-19(8-1)15-16-24-25(21)18-20-9-7-17-29(28(20)24)26-13-5-3-11-22(26)23-12-4-6-14-27(23)29/h1-18H. The molecule has 0 unspecified atom stereocenters. The molecule has 0 saturated carbocycles. The minimum absolute atomic E-state index is 0.221. The maximum absolute atomic E-state index is 2.41. The molecule has 0 heteroatoms. The van der Waals surface area contributed by atoms with Crippen LogP contribution in [0.3, 0.4) is 0 Å². The van der Waals surface area contributed by atoms with E-state index in [1.807, 2.05) is 0 Å². The quantitative estimate of drug-likeness (QED) is 0.399. The molecule has 0 nitrogen and oxygen atoms in total. The van der Waals surface area contributed by atoms with Crippen LogP contribution >= 0.6 is 0 Å². The maximum Gasteiger partial charge on any atom is 0.0659 e. The van der Waals surface area contributed by atoms with Gasteiger partial charge in [-0.1, -0.05) is 103 Å². The zero-order valence-electron chi connectivity index (χ0n) is 15.9. The largest absolute Gasteiger partial charge is 0.0659 e. The lowest BCUT2D eigenvalue weighted by Gasteiger charge is -2.34. The Kier molecular flexibility index (Phi) is 2.77. The predicted molar refractivity (Wildman–Crippen MR) is 121 cm³/mol. The van der Waals surface area contributed by atoms with Crippen molar-refractivity contribution in [2.24, 2.45) is 0 Å². The van der Waals surface area contributed by atoms with Gasteiger partial charge in [-0.15, -0.1) is 0 Å². The monoisotopic (exact) mass is 366 g/mol. The fraction of sp³-hybridized carbons (Fsp3) is 0.0345. The van der Waals surface area contributed by atoms with Crippen LogP contribution in [0.5, 0.6) is 0 Å². The van der Waals surface area contributed by atoms with Crippen LogP contribution < -0.4 is 10.4 Å². The van der Waals surface area contributed by atoms with Crippen LogP contribution in [0.15, 0.2) is 109 Å². The molecule has 0 heterocycles. The van der Waals surface area contributed by atoms with Crippen LogP contribution in [-0.4, -0.2) is 0 Å². The number of hydrogen-bond acceptors (Lipinski definition) is 0. The van der Waals surface area contributed by atoms with Crippen molar-refractivity contribution in [3.63, 3.8) is 0 Å². The number of allylic oxidation sites excluding steroid dienone is 4. The van der Waals surface area contributed by atoms with Gasteiger partial charge in [-0.3, -0.25) is 0 Å². The van der Waals surface area contributed by atoms with Gasteiger partial charge in [0.15, 0.2) is 0 Å². The van der Waals surface area contributed by atoms with E-state index in [1.54, 1.807) is 0 Å². The summed E-state index contributed by atoms with van der Waals surface area (Å²) in [6.45, 7) is 0. The highest BCUT2D eigenvalue weighted by atomic mass is 14.5. The molecule has 0 N–H and O–H groups in total. The van der Waals surface area contributed by atoms with Gasteiger partial charge in [0.05, 0.1) is 5.41 Å². The van der Waals surface area contributed by atoms with Crippen molar-refractivity contribution < 1.29 is 0 Å². The van der Waals surface area contributed by atoms with Crippen molar-refractivity contribution in [3.05, 3.63) is 130 Å². The Hall–Kier alpha value is -3.64. The predicted octanol–water partition coefficient (Wildman–Crippen LogP) is 5.25. The van der Waals surface area contributed by atoms with Gasteiger partial charge in [-0.25, -0.2) is 0 Å². The van der Waals surface area contributed by atoms with Crippen molar-refractivity contribution in [1.82, 2.24) is 0 Å². The highest BCUT2D eigenvalue weighted by Gasteiger charge is 2.46. The van der Waals surface area contributed by atoms with Crippen molar-refractivity contribution in [3.8, 4) is 11.1 Å². The first-order valence-corrected chi connectivity index (χ1v) is 10.2. The third-order valence-electron chi connectivity index (χ3n) is 6.84. The Morgan fingerprint density at radius 2 is 1.31 bits per heavy atom. The molecule has 0 bridgehead atoms. The molecular weight excluding hydrogens is 348 g/mol. The van der Waals surface area contributed by atoms with E-state index in [9.17, 15) is 0 Å². The van der Waals surface area contributed by atoms with E-state index >= 15 is 0 Å². The number of rotatable bonds is 0. The second-order valence-corrected chi connectivity index (χ2v) is 8.15. The minimum atomic E-state index is -0.221. The molecule has 0 atom stereocenters. The minimum Gasteiger partial charge on any atom is -0.0651 e. The molecule has 29 heavy (non-hydrogen) atoms. The highest BCUT2D eigenvalue weighted by molar-refractivity contribution is 6.02. The lowest BCUT2D eigenvalue weighted by Crippen LogP contribution is -2.33. The Morgan fingerprint density at radius 1 is 0.621 bits per heavy atom. The summed E-state index contributed by atoms with van der Waals surface area (Å²) < 4.78 is 0. The molecule has 0 aliphatic heterocycles. The Labute approximate surface area is 169 Å². The number of hydrogen-bond donors (Lipinski definition) is 0. The van der Waals surface area contributed by atoms with Gasteiger partial charge in [0.25, 0.3) is 0 Å². The van der Waals surface area contributed by atoms with E-state index in [1.165, 1.54) is 54.6 Å². The smallest absolute Gasteiger partial charge is 0.0651 e. The summed E-state index contributed by atoms with van der Waals surface area (Å²) in [6, 6.07) is 31.2. The van der Waals surface area contributed by atoms with Gasteiger partial charge >= 0.3 is 0 Å². The molecule has 0 aromatic heterocycles. The van der Waals surface area contributed by atoms with Crippen LogP contribution in [-0.2, 0) is 5.41 Å². The fourth-order valence-electron chi connectivity index (χ4n) is 5.72. The summed E-state index contributed by atoms with van der Waals surface area (Å²) in [7, 11) is 0. The first-order valence-electron chi connectivity index (χ1n) is 10.2. The van der Waals surface area contributed by atoms with Gasteiger partial charge in [0, 0.05) is 0 Å². The lowest BCUT2D eigenvalue weighted by atomic mass is 9.68. The van der Waals surface area contributed by atoms with Crippen LogP contribution in [0, 0.1) is 0 Å². The average Bonchev–Trinajstić information content (AvgIpc) is 3.30. The van der Waals surface area contributed by atoms with Crippen molar-refractivity contribution in [2.75, 3.05) is 0 Å². The van der Waals surface area contributed by atoms with Crippen molar-refractivity contribution >= 4 is 22.4 Å². The third-order valence-corrected chi connectivity index (χ3v) is 6.84. The summed E-state index contributed by atoms with van der Waals surface area (Å²) in [5, 5.41) is 5.36. The molecule has 0 amide bonds. The molecule has 4 aromatic carbocycles. The molecule has 0 radical (unpaired) electrons. The molecule has 1 spiro atoms. The van der Waals surface area contributed by atoms with Crippen LogP contribution in [0.25, 0.3) is 33.5 Å². The summed E-state index contributed by atoms with van der Waals surface area (Å²) in [5.74, 6) is 0. The first-order chi connectivity index (χ1) is 14.4. The molecule has 3 aliphatic rings. The third kappa shape index (κ3) is 1.75. The Bertz CT molecular complexity index is 1500. The Balaban J connectivity index is 1.70. The van der Waals surface area contributed by atoms with Crippen LogP contribution in [0.2, 0.25) is 0 Å². The maximum atomic E-state index is 2.41. The van der Waals surface area contributed by atoms with E-state index in [2.05, 4.69) is 109 Å². The van der Waals surface area contributed by atoms with E-state index in [0.717, 1.165) is 0 Å². The summed E-state index contributed by atoms with van der Waals surface area (Å²) >= 11 is 0. The molecule has 0 saturated heterocycles. The molecule has 134 valence electrons. The van der Waals surface area contributed by atoms with Crippen molar-refractivity contribution in [1.29, 1.82) is 0 Å². The molecular formula is C29H18. The molecule has 7 rings (SSSR count). The normalized spacial score (nSPS) is 16.8. The molecule has 3 aliphatic carbocycles. The second-order valence-electron chi connectivity index (χ2n) is 8.15. The first kappa shape index (κ1) is 15.3. The Morgan fingerprint density at radius 3 is 2.10 bits per heavy atom. The van der Waals surface area contributed by atoms with E-state index in [-0.39, 0.29) is 5.41 Å². The van der Waals surface area contributed by atoms with E-state index < -0.39 is 0 Å². The van der Waals surface area contributed by atoms with Gasteiger partial charge in [-0.2, -0.15) is 0 Å². The van der Waals surface area contributed by atoms with Gasteiger partial charge in [-0.05, 0) is 60.7 Å². The van der Waals surface area contributed by atoms with Gasteiger partial charge < -0.3 is 0 Å². The topological polar surface area (TPSA) is 0 Å². The van der Waals surface area contributed by atoms with Crippen molar-refractivity contribution in [2.45, 2.75) is 5.41 Å². The summed E-state index contributed by atoms with van der Waals surface area (Å²) in [6.07, 6.45) is 9.33. The number of fused-ring (bicyclic) bond motifs is 10. The van der Waals surface area contributed by atoms with E-state index in [0.29, 0.717) is 0 Å². The zero-order chi connectivity index (χ0) is 19.0. The average molecular weight is 366 g/mol. The zero-order valence-corrected chi connectivity index (χ0v) is 15.9. The highest BCUT2D eigenvalue weighted by Crippen LogP contribution is 2.56. The molecule has 4 aromatic rings.